The van der Waals surface area contributed by atoms with Crippen molar-refractivity contribution in [2.24, 2.45) is 5.92 Å². The summed E-state index contributed by atoms with van der Waals surface area (Å²) in [6, 6.07) is 6.43. The SMILES string of the molecule is CCOc1ccc(N2C(=O)CC(N(C(=O)C3CC3)C3CCCCC3)C2=O)cc1. The number of benzene rings is 1. The van der Waals surface area contributed by atoms with E-state index in [-0.39, 0.29) is 36.1 Å². The number of nitrogens with zero attached hydrogens (tertiary/aromatic N) is 2. The summed E-state index contributed by atoms with van der Waals surface area (Å²) in [6.45, 7) is 2.46. The summed E-state index contributed by atoms with van der Waals surface area (Å²) in [5, 5.41) is 0. The molecule has 0 spiro atoms. The topological polar surface area (TPSA) is 66.9 Å². The van der Waals surface area contributed by atoms with Crippen LogP contribution in [0.25, 0.3) is 0 Å². The monoisotopic (exact) mass is 384 g/mol. The quantitative estimate of drug-likeness (QED) is 0.706. The summed E-state index contributed by atoms with van der Waals surface area (Å²) in [5.74, 6) is 0.322. The van der Waals surface area contributed by atoms with E-state index in [1.54, 1.807) is 29.2 Å². The molecule has 3 aliphatic rings. The molecule has 0 radical (unpaired) electrons. The molecule has 3 amide bonds. The molecule has 0 N–H and O–H groups in total. The van der Waals surface area contributed by atoms with Gasteiger partial charge in [-0.25, -0.2) is 4.90 Å². The average molecular weight is 384 g/mol. The Labute approximate surface area is 165 Å². The second-order valence-electron chi connectivity index (χ2n) is 8.03. The predicted molar refractivity (Wildman–Crippen MR) is 105 cm³/mol. The third-order valence-electron chi connectivity index (χ3n) is 6.01. The highest BCUT2D eigenvalue weighted by molar-refractivity contribution is 6.23. The van der Waals surface area contributed by atoms with E-state index in [1.807, 2.05) is 6.92 Å². The molecule has 1 saturated heterocycles. The van der Waals surface area contributed by atoms with Gasteiger partial charge in [-0.1, -0.05) is 19.3 Å². The van der Waals surface area contributed by atoms with Crippen molar-refractivity contribution in [2.75, 3.05) is 11.5 Å². The van der Waals surface area contributed by atoms with E-state index >= 15 is 0 Å². The highest BCUT2D eigenvalue weighted by Gasteiger charge is 2.49. The lowest BCUT2D eigenvalue weighted by Crippen LogP contribution is -2.52. The zero-order valence-corrected chi connectivity index (χ0v) is 16.4. The zero-order chi connectivity index (χ0) is 19.7. The summed E-state index contributed by atoms with van der Waals surface area (Å²) >= 11 is 0. The van der Waals surface area contributed by atoms with Crippen LogP contribution >= 0.6 is 0 Å². The lowest BCUT2D eigenvalue weighted by Gasteiger charge is -2.37. The number of carbonyl (C=O) groups excluding carboxylic acids is 3. The Morgan fingerprint density at radius 1 is 1.07 bits per heavy atom. The number of carbonyl (C=O) groups is 3. The Kier molecular flexibility index (Phi) is 5.38. The van der Waals surface area contributed by atoms with Gasteiger partial charge in [-0.15, -0.1) is 0 Å². The summed E-state index contributed by atoms with van der Waals surface area (Å²) < 4.78 is 5.44. The molecular formula is C22H28N2O4. The summed E-state index contributed by atoms with van der Waals surface area (Å²) in [4.78, 5) is 42.1. The maximum absolute atomic E-state index is 13.2. The van der Waals surface area contributed by atoms with E-state index in [4.69, 9.17) is 4.74 Å². The van der Waals surface area contributed by atoms with E-state index in [1.165, 1.54) is 11.3 Å². The van der Waals surface area contributed by atoms with Crippen LogP contribution in [0.5, 0.6) is 5.75 Å². The van der Waals surface area contributed by atoms with Crippen molar-refractivity contribution in [3.05, 3.63) is 24.3 Å². The first-order valence-electron chi connectivity index (χ1n) is 10.5. The highest BCUT2D eigenvalue weighted by Crippen LogP contribution is 2.37. The third kappa shape index (κ3) is 3.64. The molecule has 0 aromatic heterocycles. The molecule has 1 unspecified atom stereocenters. The molecule has 6 heteroatoms. The van der Waals surface area contributed by atoms with E-state index in [0.717, 1.165) is 38.5 Å². The van der Waals surface area contributed by atoms with Crippen molar-refractivity contribution in [1.29, 1.82) is 0 Å². The number of anilines is 1. The summed E-state index contributed by atoms with van der Waals surface area (Å²) in [7, 11) is 0. The van der Waals surface area contributed by atoms with Crippen LogP contribution < -0.4 is 9.64 Å². The first-order valence-corrected chi connectivity index (χ1v) is 10.5. The number of hydrogen-bond donors (Lipinski definition) is 0. The van der Waals surface area contributed by atoms with Gasteiger partial charge in [-0.05, 0) is 56.9 Å². The largest absolute Gasteiger partial charge is 0.494 e. The zero-order valence-electron chi connectivity index (χ0n) is 16.4. The van der Waals surface area contributed by atoms with Gasteiger partial charge in [0.25, 0.3) is 5.91 Å². The minimum atomic E-state index is -0.657. The summed E-state index contributed by atoms with van der Waals surface area (Å²) in [6.07, 6.45) is 7.09. The maximum Gasteiger partial charge on any atom is 0.257 e. The van der Waals surface area contributed by atoms with Crippen LogP contribution in [0.3, 0.4) is 0 Å². The molecule has 150 valence electrons. The number of amides is 3. The van der Waals surface area contributed by atoms with Gasteiger partial charge in [-0.2, -0.15) is 0 Å². The molecule has 4 rings (SSSR count). The first-order chi connectivity index (χ1) is 13.6. The predicted octanol–water partition coefficient (Wildman–Crippen LogP) is 3.29. The van der Waals surface area contributed by atoms with Crippen molar-refractivity contribution >= 4 is 23.4 Å². The van der Waals surface area contributed by atoms with E-state index in [2.05, 4.69) is 0 Å². The minimum absolute atomic E-state index is 0.0457. The van der Waals surface area contributed by atoms with E-state index in [0.29, 0.717) is 18.0 Å². The van der Waals surface area contributed by atoms with Gasteiger partial charge in [0.2, 0.25) is 11.8 Å². The number of rotatable bonds is 6. The van der Waals surface area contributed by atoms with Crippen LogP contribution in [0.15, 0.2) is 24.3 Å². The Balaban J connectivity index is 1.57. The minimum Gasteiger partial charge on any atom is -0.494 e. The third-order valence-corrected chi connectivity index (χ3v) is 6.01. The van der Waals surface area contributed by atoms with Crippen molar-refractivity contribution in [3.63, 3.8) is 0 Å². The smallest absolute Gasteiger partial charge is 0.257 e. The van der Waals surface area contributed by atoms with Crippen molar-refractivity contribution in [2.45, 2.75) is 70.4 Å². The van der Waals surface area contributed by atoms with Crippen molar-refractivity contribution < 1.29 is 19.1 Å². The van der Waals surface area contributed by atoms with E-state index < -0.39 is 6.04 Å². The number of ether oxygens (including phenoxy) is 1. The van der Waals surface area contributed by atoms with Crippen molar-refractivity contribution in [1.82, 2.24) is 4.90 Å². The molecule has 1 aliphatic heterocycles. The molecule has 1 atom stereocenters. The molecule has 6 nitrogen and oxygen atoms in total. The second kappa shape index (κ2) is 7.94. The van der Waals surface area contributed by atoms with Crippen LogP contribution in [-0.2, 0) is 14.4 Å². The molecule has 2 saturated carbocycles. The van der Waals surface area contributed by atoms with E-state index in [9.17, 15) is 14.4 Å². The number of hydrogen-bond acceptors (Lipinski definition) is 4. The fourth-order valence-corrected chi connectivity index (χ4v) is 4.45. The van der Waals surface area contributed by atoms with Gasteiger partial charge in [0.1, 0.15) is 11.8 Å². The Morgan fingerprint density at radius 3 is 2.36 bits per heavy atom. The molecule has 2 aliphatic carbocycles. The van der Waals surface area contributed by atoms with Gasteiger partial charge in [0, 0.05) is 12.0 Å². The van der Waals surface area contributed by atoms with Crippen LogP contribution in [0.4, 0.5) is 5.69 Å². The Bertz CT molecular complexity index is 750. The number of imide groups is 1. The molecule has 0 bridgehead atoms. The lowest BCUT2D eigenvalue weighted by atomic mass is 9.92. The van der Waals surface area contributed by atoms with Crippen LogP contribution in [-0.4, -0.2) is 41.3 Å². The summed E-state index contributed by atoms with van der Waals surface area (Å²) in [5.41, 5.74) is 0.545. The molecule has 1 aromatic rings. The normalized spacial score (nSPS) is 23.2. The van der Waals surface area contributed by atoms with Gasteiger partial charge in [0.15, 0.2) is 0 Å². The van der Waals surface area contributed by atoms with Gasteiger partial charge < -0.3 is 9.64 Å². The Hall–Kier alpha value is -2.37. The fourth-order valence-electron chi connectivity index (χ4n) is 4.45. The lowest BCUT2D eigenvalue weighted by molar-refractivity contribution is -0.143. The van der Waals surface area contributed by atoms with Crippen LogP contribution in [0.2, 0.25) is 0 Å². The second-order valence-corrected chi connectivity index (χ2v) is 8.03. The van der Waals surface area contributed by atoms with Gasteiger partial charge in [0.05, 0.1) is 18.7 Å². The molecule has 3 fully saturated rings. The molecule has 1 heterocycles. The van der Waals surface area contributed by atoms with Gasteiger partial charge in [-0.3, -0.25) is 14.4 Å². The highest BCUT2D eigenvalue weighted by atomic mass is 16.5. The molecular weight excluding hydrogens is 356 g/mol. The average Bonchev–Trinajstić information content (AvgIpc) is 3.51. The first kappa shape index (κ1) is 19.0. The standard InChI is InChI=1S/C22H28N2O4/c1-2-28-18-12-10-17(11-13-18)24-20(25)14-19(22(24)27)23(21(26)15-8-9-15)16-6-4-3-5-7-16/h10-13,15-16,19H,2-9,14H2,1H3. The van der Waals surface area contributed by atoms with Crippen molar-refractivity contribution in [3.8, 4) is 5.75 Å². The molecule has 28 heavy (non-hydrogen) atoms. The molecule has 1 aromatic carbocycles. The van der Waals surface area contributed by atoms with Crippen LogP contribution in [0, 0.1) is 5.92 Å². The van der Waals surface area contributed by atoms with Crippen LogP contribution in [0.1, 0.15) is 58.3 Å². The maximum atomic E-state index is 13.2. The van der Waals surface area contributed by atoms with Gasteiger partial charge >= 0.3 is 0 Å². The Morgan fingerprint density at radius 2 is 1.75 bits per heavy atom. The fraction of sp³-hybridized carbons (Fsp3) is 0.591.